The predicted octanol–water partition coefficient (Wildman–Crippen LogP) is 2.08. The zero-order valence-corrected chi connectivity index (χ0v) is 11.9. The van der Waals surface area contributed by atoms with Crippen LogP contribution < -0.4 is 5.32 Å². The molecule has 1 aromatic carbocycles. The molecule has 1 amide bonds. The Hall–Kier alpha value is -1.35. The van der Waals surface area contributed by atoms with Gasteiger partial charge in [-0.05, 0) is 37.9 Å². The molecule has 1 saturated heterocycles. The quantitative estimate of drug-likeness (QED) is 0.899. The molecule has 0 aromatic heterocycles. The molecule has 0 radical (unpaired) electrons. The Balaban J connectivity index is 1.75. The van der Waals surface area contributed by atoms with Crippen molar-refractivity contribution in [3.8, 4) is 0 Å². The van der Waals surface area contributed by atoms with E-state index in [2.05, 4.69) is 36.3 Å². The first-order valence-electron chi connectivity index (χ1n) is 7.17. The maximum atomic E-state index is 12.0. The lowest BCUT2D eigenvalue weighted by Gasteiger charge is -2.35. The van der Waals surface area contributed by atoms with E-state index < -0.39 is 0 Å². The first kappa shape index (κ1) is 14.1. The van der Waals surface area contributed by atoms with Gasteiger partial charge in [0.1, 0.15) is 0 Å². The summed E-state index contributed by atoms with van der Waals surface area (Å²) >= 11 is 0. The van der Waals surface area contributed by atoms with E-state index in [1.807, 2.05) is 18.2 Å². The van der Waals surface area contributed by atoms with Crippen LogP contribution in [0.15, 0.2) is 30.3 Å². The maximum absolute atomic E-state index is 12.0. The predicted molar refractivity (Wildman–Crippen MR) is 78.0 cm³/mol. The number of aryl methyl sites for hydroxylation is 1. The molecule has 0 bridgehead atoms. The van der Waals surface area contributed by atoms with E-state index in [0.717, 1.165) is 25.9 Å². The first-order valence-corrected chi connectivity index (χ1v) is 7.17. The van der Waals surface area contributed by atoms with Crippen LogP contribution in [0.2, 0.25) is 0 Å². The van der Waals surface area contributed by atoms with Crippen LogP contribution in [0, 0.1) is 5.92 Å². The molecule has 3 nitrogen and oxygen atoms in total. The normalized spacial score (nSPS) is 24.1. The summed E-state index contributed by atoms with van der Waals surface area (Å²) in [6, 6.07) is 10.5. The number of benzene rings is 1. The molecule has 1 aliphatic heterocycles. The van der Waals surface area contributed by atoms with E-state index in [0.29, 0.717) is 18.4 Å². The second kappa shape index (κ2) is 6.71. The van der Waals surface area contributed by atoms with Crippen LogP contribution in [0.3, 0.4) is 0 Å². The van der Waals surface area contributed by atoms with Crippen molar-refractivity contribution in [2.24, 2.45) is 5.92 Å². The third kappa shape index (κ3) is 4.35. The fourth-order valence-electron chi connectivity index (χ4n) is 2.75. The zero-order valence-electron chi connectivity index (χ0n) is 11.9. The second-order valence-electron chi connectivity index (χ2n) is 5.69. The summed E-state index contributed by atoms with van der Waals surface area (Å²) in [7, 11) is 2.14. The highest BCUT2D eigenvalue weighted by atomic mass is 16.1. The van der Waals surface area contributed by atoms with Crippen LogP contribution in [0.4, 0.5) is 0 Å². The average Bonchev–Trinajstić information content (AvgIpc) is 2.41. The van der Waals surface area contributed by atoms with E-state index in [-0.39, 0.29) is 5.91 Å². The zero-order chi connectivity index (χ0) is 13.7. The van der Waals surface area contributed by atoms with Crippen molar-refractivity contribution in [2.75, 3.05) is 20.1 Å². The molecule has 19 heavy (non-hydrogen) atoms. The number of hydrogen-bond acceptors (Lipinski definition) is 2. The van der Waals surface area contributed by atoms with Gasteiger partial charge < -0.3 is 10.2 Å². The number of likely N-dealkylation sites (tertiary alicyclic amines) is 1. The third-order valence-corrected chi connectivity index (χ3v) is 3.94. The van der Waals surface area contributed by atoms with Gasteiger partial charge in [0.25, 0.3) is 0 Å². The van der Waals surface area contributed by atoms with Gasteiger partial charge in [-0.15, -0.1) is 0 Å². The summed E-state index contributed by atoms with van der Waals surface area (Å²) in [5.41, 5.74) is 1.23. The summed E-state index contributed by atoms with van der Waals surface area (Å²) in [5, 5.41) is 3.19. The van der Waals surface area contributed by atoms with Crippen molar-refractivity contribution in [1.29, 1.82) is 0 Å². The van der Waals surface area contributed by atoms with Gasteiger partial charge in [-0.2, -0.15) is 0 Å². The van der Waals surface area contributed by atoms with Crippen molar-refractivity contribution in [3.05, 3.63) is 35.9 Å². The lowest BCUT2D eigenvalue weighted by molar-refractivity contribution is -0.122. The molecule has 0 unspecified atom stereocenters. The smallest absolute Gasteiger partial charge is 0.220 e. The Morgan fingerprint density at radius 3 is 2.79 bits per heavy atom. The van der Waals surface area contributed by atoms with E-state index in [1.165, 1.54) is 5.56 Å². The number of rotatable bonds is 4. The van der Waals surface area contributed by atoms with Gasteiger partial charge in [-0.3, -0.25) is 4.79 Å². The molecule has 1 heterocycles. The molecule has 2 atom stereocenters. The van der Waals surface area contributed by atoms with Crippen LogP contribution in [0.1, 0.15) is 25.3 Å². The minimum Gasteiger partial charge on any atom is -0.353 e. The first-order chi connectivity index (χ1) is 9.15. The topological polar surface area (TPSA) is 32.3 Å². The SMILES string of the molecule is C[C@H]1CN(C)CC[C@H]1NC(=O)CCc1ccccc1. The largest absolute Gasteiger partial charge is 0.353 e. The lowest BCUT2D eigenvalue weighted by atomic mass is 9.94. The number of nitrogens with zero attached hydrogens (tertiary/aromatic N) is 1. The van der Waals surface area contributed by atoms with Gasteiger partial charge in [-0.1, -0.05) is 37.3 Å². The highest BCUT2D eigenvalue weighted by Gasteiger charge is 2.25. The molecule has 0 spiro atoms. The fraction of sp³-hybridized carbons (Fsp3) is 0.562. The minimum absolute atomic E-state index is 0.185. The maximum Gasteiger partial charge on any atom is 0.220 e. The van der Waals surface area contributed by atoms with Gasteiger partial charge in [-0.25, -0.2) is 0 Å². The summed E-state index contributed by atoms with van der Waals surface area (Å²) in [5.74, 6) is 0.727. The summed E-state index contributed by atoms with van der Waals surface area (Å²) in [4.78, 5) is 14.3. The molecule has 1 aliphatic rings. The average molecular weight is 260 g/mol. The number of nitrogens with one attached hydrogen (secondary N) is 1. The standard InChI is InChI=1S/C16H24N2O/c1-13-12-18(2)11-10-15(13)17-16(19)9-8-14-6-4-3-5-7-14/h3-7,13,15H,8-12H2,1-2H3,(H,17,19)/t13-,15+/m0/s1. The highest BCUT2D eigenvalue weighted by Crippen LogP contribution is 2.15. The molecule has 104 valence electrons. The van der Waals surface area contributed by atoms with Crippen molar-refractivity contribution in [1.82, 2.24) is 10.2 Å². The molecule has 1 aromatic rings. The number of hydrogen-bond donors (Lipinski definition) is 1. The number of carbonyl (C=O) groups is 1. The van der Waals surface area contributed by atoms with Gasteiger partial charge in [0, 0.05) is 19.0 Å². The van der Waals surface area contributed by atoms with Crippen LogP contribution in [-0.2, 0) is 11.2 Å². The molecule has 2 rings (SSSR count). The van der Waals surface area contributed by atoms with Gasteiger partial charge in [0.05, 0.1) is 0 Å². The van der Waals surface area contributed by atoms with Crippen LogP contribution in [0.25, 0.3) is 0 Å². The Morgan fingerprint density at radius 1 is 1.37 bits per heavy atom. The van der Waals surface area contributed by atoms with Crippen LogP contribution in [-0.4, -0.2) is 37.0 Å². The number of carbonyl (C=O) groups excluding carboxylic acids is 1. The van der Waals surface area contributed by atoms with Crippen LogP contribution >= 0.6 is 0 Å². The van der Waals surface area contributed by atoms with Gasteiger partial charge in [0.15, 0.2) is 0 Å². The highest BCUT2D eigenvalue weighted by molar-refractivity contribution is 5.76. The lowest BCUT2D eigenvalue weighted by Crippen LogP contribution is -2.48. The van der Waals surface area contributed by atoms with Crippen LogP contribution in [0.5, 0.6) is 0 Å². The molecular weight excluding hydrogens is 236 g/mol. The summed E-state index contributed by atoms with van der Waals surface area (Å²) in [6.07, 6.45) is 2.48. The van der Waals surface area contributed by atoms with Crippen molar-refractivity contribution >= 4 is 5.91 Å². The molecule has 0 saturated carbocycles. The van der Waals surface area contributed by atoms with E-state index >= 15 is 0 Å². The molecule has 0 aliphatic carbocycles. The number of piperidine rings is 1. The third-order valence-electron chi connectivity index (χ3n) is 3.94. The van der Waals surface area contributed by atoms with Crippen molar-refractivity contribution < 1.29 is 4.79 Å². The minimum atomic E-state index is 0.185. The van der Waals surface area contributed by atoms with Crippen molar-refractivity contribution in [2.45, 2.75) is 32.2 Å². The van der Waals surface area contributed by atoms with E-state index in [1.54, 1.807) is 0 Å². The Morgan fingerprint density at radius 2 is 2.11 bits per heavy atom. The Kier molecular flexibility index (Phi) is 4.97. The summed E-state index contributed by atoms with van der Waals surface area (Å²) in [6.45, 7) is 4.37. The van der Waals surface area contributed by atoms with Gasteiger partial charge >= 0.3 is 0 Å². The molecule has 1 fully saturated rings. The van der Waals surface area contributed by atoms with E-state index in [4.69, 9.17) is 0 Å². The summed E-state index contributed by atoms with van der Waals surface area (Å²) < 4.78 is 0. The van der Waals surface area contributed by atoms with Gasteiger partial charge in [0.2, 0.25) is 5.91 Å². The fourth-order valence-corrected chi connectivity index (χ4v) is 2.75. The number of amides is 1. The Labute approximate surface area is 116 Å². The molecular formula is C16H24N2O. The molecule has 3 heteroatoms. The van der Waals surface area contributed by atoms with Crippen molar-refractivity contribution in [3.63, 3.8) is 0 Å². The second-order valence-corrected chi connectivity index (χ2v) is 5.69. The van der Waals surface area contributed by atoms with E-state index in [9.17, 15) is 4.79 Å². The monoisotopic (exact) mass is 260 g/mol. The Bertz CT molecular complexity index is 404. The molecule has 1 N–H and O–H groups in total.